The lowest BCUT2D eigenvalue weighted by Crippen LogP contribution is -1.93. The summed E-state index contributed by atoms with van der Waals surface area (Å²) in [5.74, 6) is 2.74. The van der Waals surface area contributed by atoms with Crippen LogP contribution in [0.15, 0.2) is 66.7 Å². The number of hydrogen-bond donors (Lipinski definition) is 0. The molecule has 1 aromatic heterocycles. The van der Waals surface area contributed by atoms with E-state index in [0.717, 1.165) is 16.8 Å². The predicted molar refractivity (Wildman–Crippen MR) is 101 cm³/mol. The van der Waals surface area contributed by atoms with Gasteiger partial charge in [-0.15, -0.1) is 6.42 Å². The van der Waals surface area contributed by atoms with E-state index in [9.17, 15) is 0 Å². The minimum atomic E-state index is 0.905. The van der Waals surface area contributed by atoms with Gasteiger partial charge in [-0.1, -0.05) is 30.2 Å². The van der Waals surface area contributed by atoms with E-state index in [0.29, 0.717) is 0 Å². The molecule has 0 aliphatic rings. The molecule has 0 saturated carbocycles. The number of rotatable bonds is 1. The van der Waals surface area contributed by atoms with Crippen LogP contribution in [0.4, 0.5) is 0 Å². The smallest absolute Gasteiger partial charge is 0.0553 e. The van der Waals surface area contributed by atoms with Gasteiger partial charge in [-0.05, 0) is 65.1 Å². The van der Waals surface area contributed by atoms with E-state index in [1.54, 1.807) is 0 Å². The normalized spacial score (nSPS) is 10.9. The van der Waals surface area contributed by atoms with Gasteiger partial charge in [-0.25, -0.2) is 0 Å². The quantitative estimate of drug-likeness (QED) is 0.303. The van der Waals surface area contributed by atoms with Crippen molar-refractivity contribution in [1.82, 2.24) is 4.57 Å². The number of fused-ring (bicyclic) bond motifs is 3. The lowest BCUT2D eigenvalue weighted by atomic mass is 10.1. The first-order chi connectivity index (χ1) is 10.8. The van der Waals surface area contributed by atoms with Gasteiger partial charge in [0.25, 0.3) is 0 Å². The summed E-state index contributed by atoms with van der Waals surface area (Å²) >= 11 is 2.33. The average molecular weight is 393 g/mol. The van der Waals surface area contributed by atoms with Gasteiger partial charge in [0, 0.05) is 25.6 Å². The van der Waals surface area contributed by atoms with Crippen LogP contribution in [-0.2, 0) is 0 Å². The monoisotopic (exact) mass is 393 g/mol. The van der Waals surface area contributed by atoms with Crippen molar-refractivity contribution in [2.24, 2.45) is 0 Å². The fourth-order valence-corrected chi connectivity index (χ4v) is 3.29. The van der Waals surface area contributed by atoms with Crippen molar-refractivity contribution >= 4 is 44.4 Å². The molecule has 0 N–H and O–H groups in total. The molecule has 0 atom stereocenters. The Hall–Kier alpha value is -2.25. The van der Waals surface area contributed by atoms with E-state index in [1.807, 2.05) is 6.07 Å². The average Bonchev–Trinajstić information content (AvgIpc) is 2.89. The Labute approximate surface area is 142 Å². The third kappa shape index (κ3) is 2.01. The van der Waals surface area contributed by atoms with Gasteiger partial charge < -0.3 is 4.57 Å². The van der Waals surface area contributed by atoms with Crippen molar-refractivity contribution in [3.05, 3.63) is 75.9 Å². The molecule has 0 aliphatic heterocycles. The van der Waals surface area contributed by atoms with Gasteiger partial charge >= 0.3 is 0 Å². The topological polar surface area (TPSA) is 4.93 Å². The van der Waals surface area contributed by atoms with Crippen molar-refractivity contribution < 1.29 is 0 Å². The Morgan fingerprint density at radius 3 is 2.32 bits per heavy atom. The fourth-order valence-electron chi connectivity index (χ4n) is 2.93. The highest BCUT2D eigenvalue weighted by Gasteiger charge is 2.11. The second-order valence-electron chi connectivity index (χ2n) is 5.21. The van der Waals surface area contributed by atoms with Gasteiger partial charge in [0.1, 0.15) is 0 Å². The van der Waals surface area contributed by atoms with Crippen LogP contribution in [-0.4, -0.2) is 4.57 Å². The van der Waals surface area contributed by atoms with Gasteiger partial charge in [0.15, 0.2) is 0 Å². The van der Waals surface area contributed by atoms with Crippen LogP contribution in [0.1, 0.15) is 5.56 Å². The molecule has 0 fully saturated rings. The third-order valence-electron chi connectivity index (χ3n) is 3.93. The molecule has 0 amide bonds. The molecule has 1 heterocycles. The lowest BCUT2D eigenvalue weighted by molar-refractivity contribution is 1.18. The molecule has 2 heteroatoms. The minimum absolute atomic E-state index is 0.905. The first kappa shape index (κ1) is 13.4. The van der Waals surface area contributed by atoms with Crippen LogP contribution in [0, 0.1) is 15.9 Å². The summed E-state index contributed by atoms with van der Waals surface area (Å²) in [6.07, 6.45) is 5.58. The van der Waals surface area contributed by atoms with E-state index in [4.69, 9.17) is 6.42 Å². The fraction of sp³-hybridized carbons (Fsp3) is 0. The Morgan fingerprint density at radius 1 is 0.818 bits per heavy atom. The van der Waals surface area contributed by atoms with E-state index < -0.39 is 0 Å². The van der Waals surface area contributed by atoms with Crippen molar-refractivity contribution in [3.8, 4) is 18.0 Å². The number of hydrogen-bond acceptors (Lipinski definition) is 0. The van der Waals surface area contributed by atoms with Crippen LogP contribution < -0.4 is 0 Å². The van der Waals surface area contributed by atoms with Gasteiger partial charge in [-0.2, -0.15) is 0 Å². The largest absolute Gasteiger partial charge is 0.309 e. The number of halogens is 1. The van der Waals surface area contributed by atoms with Gasteiger partial charge in [-0.3, -0.25) is 0 Å². The first-order valence-corrected chi connectivity index (χ1v) is 8.11. The van der Waals surface area contributed by atoms with Crippen molar-refractivity contribution in [3.63, 3.8) is 0 Å². The zero-order valence-corrected chi connectivity index (χ0v) is 13.9. The maximum atomic E-state index is 5.58. The SMILES string of the molecule is C#Cc1ccc2c3ccccc3n(-c3ccc(I)cc3)c2c1. The predicted octanol–water partition coefficient (Wildman–Crippen LogP) is 5.37. The van der Waals surface area contributed by atoms with E-state index in [-0.39, 0.29) is 0 Å². The number of benzene rings is 3. The maximum absolute atomic E-state index is 5.58. The minimum Gasteiger partial charge on any atom is -0.309 e. The molecular weight excluding hydrogens is 381 g/mol. The van der Waals surface area contributed by atoms with E-state index in [2.05, 4.69) is 93.7 Å². The summed E-state index contributed by atoms with van der Waals surface area (Å²) in [5, 5.41) is 2.48. The summed E-state index contributed by atoms with van der Waals surface area (Å²) in [6, 6.07) is 23.2. The highest BCUT2D eigenvalue weighted by Crippen LogP contribution is 2.32. The standard InChI is InChI=1S/C20H12IN/c1-2-14-7-12-18-17-5-3-4-6-19(17)22(20(18)13-14)16-10-8-15(21)9-11-16/h1,3-13H. The summed E-state index contributed by atoms with van der Waals surface area (Å²) in [5.41, 5.74) is 4.41. The molecule has 3 aromatic carbocycles. The number of para-hydroxylation sites is 1. The van der Waals surface area contributed by atoms with Crippen LogP contribution in [0.5, 0.6) is 0 Å². The van der Waals surface area contributed by atoms with Gasteiger partial charge in [0.2, 0.25) is 0 Å². The molecule has 4 aromatic rings. The second kappa shape index (κ2) is 5.19. The molecule has 104 valence electrons. The molecule has 0 bridgehead atoms. The molecule has 0 saturated heterocycles. The highest BCUT2D eigenvalue weighted by atomic mass is 127. The Bertz CT molecular complexity index is 1030. The third-order valence-corrected chi connectivity index (χ3v) is 4.64. The van der Waals surface area contributed by atoms with Crippen LogP contribution in [0.25, 0.3) is 27.5 Å². The highest BCUT2D eigenvalue weighted by molar-refractivity contribution is 14.1. The summed E-state index contributed by atoms with van der Waals surface area (Å²) in [6.45, 7) is 0. The summed E-state index contributed by atoms with van der Waals surface area (Å²) in [4.78, 5) is 0. The van der Waals surface area contributed by atoms with Crippen molar-refractivity contribution in [2.45, 2.75) is 0 Å². The van der Waals surface area contributed by atoms with Gasteiger partial charge in [0.05, 0.1) is 11.0 Å². The maximum Gasteiger partial charge on any atom is 0.0553 e. The van der Waals surface area contributed by atoms with E-state index >= 15 is 0 Å². The zero-order chi connectivity index (χ0) is 15.1. The molecule has 0 unspecified atom stereocenters. The first-order valence-electron chi connectivity index (χ1n) is 7.04. The molecule has 0 aliphatic carbocycles. The molecule has 22 heavy (non-hydrogen) atoms. The van der Waals surface area contributed by atoms with Crippen molar-refractivity contribution in [2.75, 3.05) is 0 Å². The number of aromatic nitrogens is 1. The van der Waals surface area contributed by atoms with Crippen molar-refractivity contribution in [1.29, 1.82) is 0 Å². The number of terminal acetylenes is 1. The summed E-state index contributed by atoms with van der Waals surface area (Å²) < 4.78 is 3.51. The molecule has 0 spiro atoms. The van der Waals surface area contributed by atoms with Crippen LogP contribution >= 0.6 is 22.6 Å². The zero-order valence-electron chi connectivity index (χ0n) is 11.8. The molecule has 0 radical (unpaired) electrons. The van der Waals surface area contributed by atoms with Crippen LogP contribution in [0.3, 0.4) is 0 Å². The lowest BCUT2D eigenvalue weighted by Gasteiger charge is -2.08. The second-order valence-corrected chi connectivity index (χ2v) is 6.45. The Morgan fingerprint density at radius 2 is 1.55 bits per heavy atom. The Kier molecular flexibility index (Phi) is 3.16. The Balaban J connectivity index is 2.17. The summed E-state index contributed by atoms with van der Waals surface area (Å²) in [7, 11) is 0. The molecule has 1 nitrogen and oxygen atoms in total. The van der Waals surface area contributed by atoms with Crippen LogP contribution in [0.2, 0.25) is 0 Å². The molecular formula is C20H12IN. The number of nitrogens with zero attached hydrogens (tertiary/aromatic N) is 1. The molecule has 4 rings (SSSR count). The van der Waals surface area contributed by atoms with E-state index in [1.165, 1.54) is 19.9 Å².